The monoisotopic (exact) mass is 283 g/mol. The van der Waals surface area contributed by atoms with E-state index < -0.39 is 0 Å². The molecule has 1 aromatic rings. The second kappa shape index (κ2) is 6.60. The summed E-state index contributed by atoms with van der Waals surface area (Å²) in [6.07, 6.45) is 2.25. The van der Waals surface area contributed by atoms with Crippen molar-refractivity contribution in [3.8, 4) is 5.75 Å². The average Bonchev–Trinajstić information content (AvgIpc) is 2.75. The number of rotatable bonds is 5. The average molecular weight is 284 g/mol. The standard InChI is InChI=1S/C15H22ClNO2/c1-10(2)17-9-11-6-7-14(12(16)8-11)19-15-5-3-4-13(15)18/h6-8,10,13,15,17-18H,3-5,9H2,1-2H3. The number of ether oxygens (including phenoxy) is 1. The van der Waals surface area contributed by atoms with E-state index in [0.29, 0.717) is 16.8 Å². The maximum Gasteiger partial charge on any atom is 0.138 e. The summed E-state index contributed by atoms with van der Waals surface area (Å²) < 4.78 is 5.80. The highest BCUT2D eigenvalue weighted by Gasteiger charge is 2.27. The fourth-order valence-corrected chi connectivity index (χ4v) is 2.53. The van der Waals surface area contributed by atoms with Gasteiger partial charge in [-0.3, -0.25) is 0 Å². The summed E-state index contributed by atoms with van der Waals surface area (Å²) in [7, 11) is 0. The van der Waals surface area contributed by atoms with Crippen molar-refractivity contribution >= 4 is 11.6 Å². The molecule has 0 aliphatic heterocycles. The van der Waals surface area contributed by atoms with Crippen molar-refractivity contribution in [3.05, 3.63) is 28.8 Å². The molecule has 0 spiro atoms. The van der Waals surface area contributed by atoms with Crippen LogP contribution < -0.4 is 10.1 Å². The van der Waals surface area contributed by atoms with E-state index >= 15 is 0 Å². The smallest absolute Gasteiger partial charge is 0.138 e. The lowest BCUT2D eigenvalue weighted by atomic mass is 10.2. The molecule has 2 unspecified atom stereocenters. The lowest BCUT2D eigenvalue weighted by Crippen LogP contribution is -2.25. The first-order chi connectivity index (χ1) is 9.06. The number of halogens is 1. The molecule has 0 saturated heterocycles. The summed E-state index contributed by atoms with van der Waals surface area (Å²) in [6, 6.07) is 6.28. The Morgan fingerprint density at radius 1 is 1.42 bits per heavy atom. The number of aliphatic hydroxyl groups excluding tert-OH is 1. The van der Waals surface area contributed by atoms with E-state index in [4.69, 9.17) is 16.3 Å². The Bertz CT molecular complexity index is 423. The van der Waals surface area contributed by atoms with E-state index in [1.807, 2.05) is 18.2 Å². The SMILES string of the molecule is CC(C)NCc1ccc(OC2CCCC2O)c(Cl)c1. The molecule has 1 fully saturated rings. The minimum atomic E-state index is -0.363. The molecule has 1 aromatic carbocycles. The Hall–Kier alpha value is -0.770. The van der Waals surface area contributed by atoms with Gasteiger partial charge in [0, 0.05) is 12.6 Å². The van der Waals surface area contributed by atoms with Crippen LogP contribution >= 0.6 is 11.6 Å². The van der Waals surface area contributed by atoms with E-state index in [1.54, 1.807) is 0 Å². The van der Waals surface area contributed by atoms with Gasteiger partial charge in [-0.1, -0.05) is 31.5 Å². The quantitative estimate of drug-likeness (QED) is 0.872. The zero-order valence-corrected chi connectivity index (χ0v) is 12.3. The molecule has 19 heavy (non-hydrogen) atoms. The van der Waals surface area contributed by atoms with Gasteiger partial charge in [0.15, 0.2) is 0 Å². The van der Waals surface area contributed by atoms with E-state index in [2.05, 4.69) is 19.2 Å². The predicted octanol–water partition coefficient (Wildman–Crippen LogP) is 3.13. The summed E-state index contributed by atoms with van der Waals surface area (Å²) in [5.41, 5.74) is 1.14. The summed E-state index contributed by atoms with van der Waals surface area (Å²) in [4.78, 5) is 0. The van der Waals surface area contributed by atoms with Gasteiger partial charge in [0.1, 0.15) is 11.9 Å². The number of benzene rings is 1. The molecule has 0 aromatic heterocycles. The maximum absolute atomic E-state index is 9.76. The molecular weight excluding hydrogens is 262 g/mol. The molecule has 1 saturated carbocycles. The number of nitrogens with one attached hydrogen (secondary N) is 1. The van der Waals surface area contributed by atoms with Gasteiger partial charge in [-0.15, -0.1) is 0 Å². The summed E-state index contributed by atoms with van der Waals surface area (Å²) in [5, 5.41) is 13.7. The fourth-order valence-electron chi connectivity index (χ4n) is 2.28. The Labute approximate surface area is 119 Å². The highest BCUT2D eigenvalue weighted by atomic mass is 35.5. The summed E-state index contributed by atoms with van der Waals surface area (Å²) >= 11 is 6.24. The highest BCUT2D eigenvalue weighted by Crippen LogP contribution is 2.30. The molecule has 0 bridgehead atoms. The molecule has 2 rings (SSSR count). The first-order valence-corrected chi connectivity index (χ1v) is 7.30. The molecular formula is C15H22ClNO2. The van der Waals surface area contributed by atoms with Crippen LogP contribution in [-0.2, 0) is 6.54 Å². The first kappa shape index (κ1) is 14.6. The molecule has 3 nitrogen and oxygen atoms in total. The van der Waals surface area contributed by atoms with E-state index in [0.717, 1.165) is 31.4 Å². The van der Waals surface area contributed by atoms with Crippen molar-refractivity contribution in [2.75, 3.05) is 0 Å². The Morgan fingerprint density at radius 3 is 2.79 bits per heavy atom. The molecule has 2 N–H and O–H groups in total. The molecule has 2 atom stereocenters. The van der Waals surface area contributed by atoms with Gasteiger partial charge in [0.25, 0.3) is 0 Å². The zero-order valence-electron chi connectivity index (χ0n) is 11.5. The zero-order chi connectivity index (χ0) is 13.8. The normalized spacial score (nSPS) is 23.0. The van der Waals surface area contributed by atoms with Crippen molar-refractivity contribution in [2.24, 2.45) is 0 Å². The Kier molecular flexibility index (Phi) is 5.08. The van der Waals surface area contributed by atoms with Crippen LogP contribution in [-0.4, -0.2) is 23.4 Å². The predicted molar refractivity (Wildman–Crippen MR) is 77.7 cm³/mol. The van der Waals surface area contributed by atoms with Gasteiger partial charge in [0.2, 0.25) is 0 Å². The number of hydrogen-bond acceptors (Lipinski definition) is 3. The van der Waals surface area contributed by atoms with Gasteiger partial charge in [-0.05, 0) is 37.0 Å². The largest absolute Gasteiger partial charge is 0.486 e. The second-order valence-corrected chi connectivity index (χ2v) is 5.86. The molecule has 0 radical (unpaired) electrons. The van der Waals surface area contributed by atoms with Crippen molar-refractivity contribution in [3.63, 3.8) is 0 Å². The Morgan fingerprint density at radius 2 is 2.21 bits per heavy atom. The lowest BCUT2D eigenvalue weighted by Gasteiger charge is -2.18. The van der Waals surface area contributed by atoms with Crippen LogP contribution in [0, 0.1) is 0 Å². The van der Waals surface area contributed by atoms with Crippen molar-refractivity contribution in [2.45, 2.75) is 57.9 Å². The third-order valence-corrected chi connectivity index (χ3v) is 3.70. The molecule has 0 amide bonds. The van der Waals surface area contributed by atoms with Gasteiger partial charge in [-0.2, -0.15) is 0 Å². The van der Waals surface area contributed by atoms with Crippen molar-refractivity contribution in [1.82, 2.24) is 5.32 Å². The number of hydrogen-bond donors (Lipinski definition) is 2. The van der Waals surface area contributed by atoms with Crippen LogP contribution in [0.3, 0.4) is 0 Å². The molecule has 1 aliphatic carbocycles. The van der Waals surface area contributed by atoms with Gasteiger partial charge in [0.05, 0.1) is 11.1 Å². The Balaban J connectivity index is 1.98. The second-order valence-electron chi connectivity index (χ2n) is 5.45. The highest BCUT2D eigenvalue weighted by molar-refractivity contribution is 6.32. The molecule has 106 valence electrons. The van der Waals surface area contributed by atoms with Crippen LogP contribution in [0.15, 0.2) is 18.2 Å². The van der Waals surface area contributed by atoms with Crippen LogP contribution in [0.2, 0.25) is 5.02 Å². The number of aliphatic hydroxyl groups is 1. The minimum absolute atomic E-state index is 0.114. The van der Waals surface area contributed by atoms with Gasteiger partial charge >= 0.3 is 0 Å². The van der Waals surface area contributed by atoms with Crippen molar-refractivity contribution < 1.29 is 9.84 Å². The van der Waals surface area contributed by atoms with Crippen LogP contribution in [0.25, 0.3) is 0 Å². The van der Waals surface area contributed by atoms with Gasteiger partial charge < -0.3 is 15.2 Å². The molecule has 4 heteroatoms. The van der Waals surface area contributed by atoms with Gasteiger partial charge in [-0.25, -0.2) is 0 Å². The molecule has 0 heterocycles. The summed E-state index contributed by atoms with van der Waals surface area (Å²) in [6.45, 7) is 5.02. The third kappa shape index (κ3) is 4.10. The van der Waals surface area contributed by atoms with Crippen LogP contribution in [0.5, 0.6) is 5.75 Å². The summed E-state index contributed by atoms with van der Waals surface area (Å²) in [5.74, 6) is 0.668. The molecule has 1 aliphatic rings. The van der Waals surface area contributed by atoms with E-state index in [9.17, 15) is 5.11 Å². The first-order valence-electron chi connectivity index (χ1n) is 6.93. The van der Waals surface area contributed by atoms with E-state index in [1.165, 1.54) is 0 Å². The lowest BCUT2D eigenvalue weighted by molar-refractivity contribution is 0.0604. The van der Waals surface area contributed by atoms with Crippen molar-refractivity contribution in [1.29, 1.82) is 0 Å². The minimum Gasteiger partial charge on any atom is -0.486 e. The van der Waals surface area contributed by atoms with Crippen LogP contribution in [0.1, 0.15) is 38.7 Å². The topological polar surface area (TPSA) is 41.5 Å². The maximum atomic E-state index is 9.76. The third-order valence-electron chi connectivity index (χ3n) is 3.41. The van der Waals surface area contributed by atoms with Crippen LogP contribution in [0.4, 0.5) is 0 Å². The fraction of sp³-hybridized carbons (Fsp3) is 0.600. The van der Waals surface area contributed by atoms with E-state index in [-0.39, 0.29) is 12.2 Å².